The summed E-state index contributed by atoms with van der Waals surface area (Å²) in [5.74, 6) is 0. The number of hydrogen-bond donors (Lipinski definition) is 1. The molecular weight excluding hydrogens is 158 g/mol. The molecule has 70 valence electrons. The fraction of sp³-hybridized carbons (Fsp3) is 0.875. The van der Waals surface area contributed by atoms with Crippen molar-refractivity contribution in [2.75, 3.05) is 13.2 Å². The van der Waals surface area contributed by atoms with Gasteiger partial charge < -0.3 is 9.84 Å². The van der Waals surface area contributed by atoms with Gasteiger partial charge in [-0.05, 0) is 26.2 Å². The van der Waals surface area contributed by atoms with Gasteiger partial charge in [-0.2, -0.15) is 0 Å². The summed E-state index contributed by atoms with van der Waals surface area (Å²) in [6.45, 7) is 3.07. The number of ether oxygens (including phenoxy) is 1. The van der Waals surface area contributed by atoms with E-state index in [9.17, 15) is 4.79 Å². The summed E-state index contributed by atoms with van der Waals surface area (Å²) < 4.78 is 5.30. The summed E-state index contributed by atoms with van der Waals surface area (Å²) in [4.78, 5) is 12.1. The van der Waals surface area contributed by atoms with Gasteiger partial charge in [-0.25, -0.2) is 4.79 Å². The van der Waals surface area contributed by atoms with E-state index in [2.05, 4.69) is 0 Å². The molecule has 0 aromatic carbocycles. The maximum Gasteiger partial charge on any atom is 0.409 e. The van der Waals surface area contributed by atoms with Crippen molar-refractivity contribution in [3.8, 4) is 0 Å². The van der Waals surface area contributed by atoms with E-state index >= 15 is 0 Å². The lowest BCUT2D eigenvalue weighted by Crippen LogP contribution is -2.44. The molecule has 1 heterocycles. The maximum atomic E-state index is 10.7. The molecule has 0 aliphatic carbocycles. The minimum Gasteiger partial charge on any atom is -0.465 e. The Balaban J connectivity index is 2.48. The highest BCUT2D eigenvalue weighted by atomic mass is 16.5. The molecule has 1 amide bonds. The monoisotopic (exact) mass is 173 g/mol. The Labute approximate surface area is 72.1 Å². The number of hydrogen-bond acceptors (Lipinski definition) is 2. The van der Waals surface area contributed by atoms with E-state index in [1.54, 1.807) is 0 Å². The van der Waals surface area contributed by atoms with E-state index in [1.165, 1.54) is 4.90 Å². The molecule has 0 radical (unpaired) electrons. The van der Waals surface area contributed by atoms with Gasteiger partial charge >= 0.3 is 6.09 Å². The van der Waals surface area contributed by atoms with Crippen molar-refractivity contribution < 1.29 is 14.6 Å². The van der Waals surface area contributed by atoms with Gasteiger partial charge in [0.05, 0.1) is 0 Å². The van der Waals surface area contributed by atoms with Crippen LogP contribution in [-0.2, 0) is 4.74 Å². The highest BCUT2D eigenvalue weighted by Crippen LogP contribution is 2.17. The van der Waals surface area contributed by atoms with Crippen LogP contribution in [0.4, 0.5) is 4.79 Å². The van der Waals surface area contributed by atoms with E-state index in [1.807, 2.05) is 6.92 Å². The Bertz CT molecular complexity index is 158. The quantitative estimate of drug-likeness (QED) is 0.688. The maximum absolute atomic E-state index is 10.7. The van der Waals surface area contributed by atoms with Crippen LogP contribution in [-0.4, -0.2) is 35.5 Å². The highest BCUT2D eigenvalue weighted by molar-refractivity contribution is 5.65. The molecule has 1 saturated heterocycles. The molecule has 4 heteroatoms. The Kier molecular flexibility index (Phi) is 3.34. The van der Waals surface area contributed by atoms with Crippen molar-refractivity contribution in [2.45, 2.75) is 32.4 Å². The molecule has 0 aromatic rings. The number of piperidine rings is 1. The highest BCUT2D eigenvalue weighted by Gasteiger charge is 2.26. The number of carbonyl (C=O) groups is 1. The zero-order chi connectivity index (χ0) is 8.97. The van der Waals surface area contributed by atoms with E-state index in [0.717, 1.165) is 19.3 Å². The molecule has 0 bridgehead atoms. The molecule has 1 aliphatic rings. The van der Waals surface area contributed by atoms with Gasteiger partial charge in [-0.1, -0.05) is 0 Å². The topological polar surface area (TPSA) is 49.8 Å². The first kappa shape index (κ1) is 9.32. The van der Waals surface area contributed by atoms with Crippen LogP contribution in [0, 0.1) is 0 Å². The first-order valence-electron chi connectivity index (χ1n) is 4.37. The number of nitrogens with zero attached hydrogens (tertiary/aromatic N) is 1. The van der Waals surface area contributed by atoms with Crippen LogP contribution in [0.25, 0.3) is 0 Å². The van der Waals surface area contributed by atoms with Crippen molar-refractivity contribution in [3.63, 3.8) is 0 Å². The second kappa shape index (κ2) is 4.30. The summed E-state index contributed by atoms with van der Waals surface area (Å²) in [6.07, 6.45) is 1.78. The van der Waals surface area contributed by atoms with Crippen molar-refractivity contribution in [1.82, 2.24) is 4.90 Å². The second-order valence-corrected chi connectivity index (χ2v) is 2.88. The number of rotatable bonds is 2. The third kappa shape index (κ3) is 2.11. The molecule has 1 rings (SSSR count). The van der Waals surface area contributed by atoms with Gasteiger partial charge in [0.2, 0.25) is 0 Å². The Morgan fingerprint density at radius 3 is 3.00 bits per heavy atom. The van der Waals surface area contributed by atoms with E-state index < -0.39 is 6.09 Å². The van der Waals surface area contributed by atoms with Crippen LogP contribution >= 0.6 is 0 Å². The summed E-state index contributed by atoms with van der Waals surface area (Å²) in [5.41, 5.74) is 0. The molecule has 1 aliphatic heterocycles. The number of carboxylic acid groups (broad SMARTS) is 1. The minimum absolute atomic E-state index is 0.207. The molecule has 0 aromatic heterocycles. The summed E-state index contributed by atoms with van der Waals surface area (Å²) >= 11 is 0. The SMILES string of the molecule is CCOC1CCCCN1C(=O)O. The number of amides is 1. The predicted molar refractivity (Wildman–Crippen MR) is 44.0 cm³/mol. The normalized spacial score (nSPS) is 24.1. The van der Waals surface area contributed by atoms with Crippen LogP contribution < -0.4 is 0 Å². The fourth-order valence-corrected chi connectivity index (χ4v) is 1.49. The molecular formula is C8H15NO3. The molecule has 1 N–H and O–H groups in total. The Hall–Kier alpha value is -0.770. The molecule has 1 unspecified atom stereocenters. The average Bonchev–Trinajstić information content (AvgIpc) is 2.05. The van der Waals surface area contributed by atoms with Crippen LogP contribution in [0.2, 0.25) is 0 Å². The predicted octanol–water partition coefficient (Wildman–Crippen LogP) is 1.51. The zero-order valence-electron chi connectivity index (χ0n) is 7.32. The zero-order valence-corrected chi connectivity index (χ0v) is 7.32. The minimum atomic E-state index is -0.867. The van der Waals surface area contributed by atoms with Gasteiger partial charge in [-0.3, -0.25) is 4.90 Å². The Morgan fingerprint density at radius 1 is 1.67 bits per heavy atom. The van der Waals surface area contributed by atoms with Crippen molar-refractivity contribution in [2.24, 2.45) is 0 Å². The standard InChI is InChI=1S/C8H15NO3/c1-2-12-7-5-3-4-6-9(7)8(10)11/h7H,2-6H2,1H3,(H,10,11). The van der Waals surface area contributed by atoms with E-state index in [-0.39, 0.29) is 6.23 Å². The van der Waals surface area contributed by atoms with Crippen molar-refractivity contribution >= 4 is 6.09 Å². The third-order valence-electron chi connectivity index (χ3n) is 2.05. The van der Waals surface area contributed by atoms with Crippen LogP contribution in [0.15, 0.2) is 0 Å². The van der Waals surface area contributed by atoms with Gasteiger partial charge in [0.25, 0.3) is 0 Å². The van der Waals surface area contributed by atoms with Crippen molar-refractivity contribution in [3.05, 3.63) is 0 Å². The summed E-state index contributed by atoms with van der Waals surface area (Å²) in [7, 11) is 0. The van der Waals surface area contributed by atoms with Gasteiger partial charge in [0, 0.05) is 13.2 Å². The second-order valence-electron chi connectivity index (χ2n) is 2.88. The largest absolute Gasteiger partial charge is 0.465 e. The van der Waals surface area contributed by atoms with Crippen LogP contribution in [0.5, 0.6) is 0 Å². The molecule has 0 saturated carbocycles. The first-order valence-corrected chi connectivity index (χ1v) is 4.37. The van der Waals surface area contributed by atoms with Gasteiger partial charge in [0.15, 0.2) is 0 Å². The number of likely N-dealkylation sites (tertiary alicyclic amines) is 1. The smallest absolute Gasteiger partial charge is 0.409 e. The molecule has 1 fully saturated rings. The average molecular weight is 173 g/mol. The summed E-state index contributed by atoms with van der Waals surface area (Å²) in [5, 5.41) is 8.78. The van der Waals surface area contributed by atoms with Crippen molar-refractivity contribution in [1.29, 1.82) is 0 Å². The van der Waals surface area contributed by atoms with E-state index in [0.29, 0.717) is 13.2 Å². The summed E-state index contributed by atoms with van der Waals surface area (Å²) in [6, 6.07) is 0. The fourth-order valence-electron chi connectivity index (χ4n) is 1.49. The van der Waals surface area contributed by atoms with Crippen LogP contribution in [0.3, 0.4) is 0 Å². The molecule has 0 spiro atoms. The molecule has 12 heavy (non-hydrogen) atoms. The third-order valence-corrected chi connectivity index (χ3v) is 2.05. The van der Waals surface area contributed by atoms with Crippen LogP contribution in [0.1, 0.15) is 26.2 Å². The molecule has 4 nitrogen and oxygen atoms in total. The lowest BCUT2D eigenvalue weighted by Gasteiger charge is -2.32. The first-order chi connectivity index (χ1) is 5.75. The van der Waals surface area contributed by atoms with E-state index in [4.69, 9.17) is 9.84 Å². The molecule has 1 atom stereocenters. The van der Waals surface area contributed by atoms with Gasteiger partial charge in [-0.15, -0.1) is 0 Å². The van der Waals surface area contributed by atoms with Gasteiger partial charge in [0.1, 0.15) is 6.23 Å². The Morgan fingerprint density at radius 2 is 2.42 bits per heavy atom. The lowest BCUT2D eigenvalue weighted by atomic mass is 10.1. The lowest BCUT2D eigenvalue weighted by molar-refractivity contribution is -0.0615.